The van der Waals surface area contributed by atoms with Gasteiger partial charge in [0.1, 0.15) is 0 Å². The lowest BCUT2D eigenvalue weighted by Gasteiger charge is -2.25. The van der Waals surface area contributed by atoms with E-state index in [4.69, 9.17) is 4.99 Å². The van der Waals surface area contributed by atoms with Crippen molar-refractivity contribution in [3.05, 3.63) is 85.2 Å². The molecule has 0 N–H and O–H groups in total. The van der Waals surface area contributed by atoms with Gasteiger partial charge in [-0.15, -0.1) is 6.58 Å². The van der Waals surface area contributed by atoms with Gasteiger partial charge in [0.25, 0.3) is 0 Å². The van der Waals surface area contributed by atoms with Gasteiger partial charge in [-0.1, -0.05) is 55.5 Å². The van der Waals surface area contributed by atoms with Gasteiger partial charge in [-0.3, -0.25) is 9.98 Å². The molecule has 1 fully saturated rings. The first-order valence-corrected chi connectivity index (χ1v) is 11.6. The second-order valence-electron chi connectivity index (χ2n) is 8.39. The van der Waals surface area contributed by atoms with Gasteiger partial charge in [-0.25, -0.2) is 9.97 Å². The third-order valence-corrected chi connectivity index (χ3v) is 6.07. The van der Waals surface area contributed by atoms with Crippen LogP contribution in [-0.4, -0.2) is 36.0 Å². The second-order valence-corrected chi connectivity index (χ2v) is 8.39. The fraction of sp³-hybridized carbons (Fsp3) is 0.310. The van der Waals surface area contributed by atoms with Crippen molar-refractivity contribution in [2.45, 2.75) is 32.6 Å². The number of allylic oxidation sites excluding steroid dienone is 6. The average Bonchev–Trinajstić information content (AvgIpc) is 2.87. The van der Waals surface area contributed by atoms with Crippen molar-refractivity contribution in [1.29, 1.82) is 0 Å². The van der Waals surface area contributed by atoms with E-state index in [2.05, 4.69) is 46.3 Å². The summed E-state index contributed by atoms with van der Waals surface area (Å²) < 4.78 is 0. The van der Waals surface area contributed by atoms with E-state index in [0.29, 0.717) is 17.7 Å². The van der Waals surface area contributed by atoms with Crippen LogP contribution < -0.4 is 0 Å². The molecule has 0 aliphatic heterocycles. The number of hydrogen-bond donors (Lipinski definition) is 0. The van der Waals surface area contributed by atoms with Crippen LogP contribution in [-0.2, 0) is 0 Å². The van der Waals surface area contributed by atoms with E-state index in [1.807, 2.05) is 56.0 Å². The summed E-state index contributed by atoms with van der Waals surface area (Å²) in [5.74, 6) is 1.96. The number of hydrogen-bond acceptors (Lipinski definition) is 4. The molecule has 1 aliphatic carbocycles. The first-order valence-electron chi connectivity index (χ1n) is 11.6. The zero-order valence-corrected chi connectivity index (χ0v) is 19.8. The zero-order chi connectivity index (χ0) is 23.5. The maximum Gasteiger partial charge on any atom is 0.159 e. The Bertz CT molecular complexity index is 1060. The summed E-state index contributed by atoms with van der Waals surface area (Å²) in [4.78, 5) is 18.2. The topological polar surface area (TPSA) is 50.5 Å². The van der Waals surface area contributed by atoms with Crippen LogP contribution in [0.1, 0.15) is 43.7 Å². The minimum atomic E-state index is 0.633. The molecule has 1 heterocycles. The molecule has 3 rings (SSSR count). The van der Waals surface area contributed by atoms with Gasteiger partial charge in [0.2, 0.25) is 0 Å². The summed E-state index contributed by atoms with van der Waals surface area (Å²) in [7, 11) is 1.78. The molecule has 0 radical (unpaired) electrons. The number of aliphatic imine (C=N–C) groups is 2. The molecule has 0 bridgehead atoms. The highest BCUT2D eigenvalue weighted by Gasteiger charge is 2.19. The molecule has 2 atom stereocenters. The number of nitrogens with zero attached hydrogens (tertiary/aromatic N) is 4. The molecule has 0 amide bonds. The van der Waals surface area contributed by atoms with Crippen LogP contribution in [0.2, 0.25) is 0 Å². The van der Waals surface area contributed by atoms with Gasteiger partial charge in [0.05, 0.1) is 0 Å². The van der Waals surface area contributed by atoms with E-state index in [-0.39, 0.29) is 0 Å². The number of aromatic nitrogens is 2. The maximum absolute atomic E-state index is 4.75. The van der Waals surface area contributed by atoms with E-state index in [0.717, 1.165) is 34.4 Å². The fourth-order valence-electron chi connectivity index (χ4n) is 4.27. The molecule has 1 aliphatic rings. The Balaban J connectivity index is 1.74. The van der Waals surface area contributed by atoms with Crippen LogP contribution in [0.25, 0.3) is 22.5 Å². The summed E-state index contributed by atoms with van der Waals surface area (Å²) in [5, 5.41) is 0. The van der Waals surface area contributed by atoms with Crippen LogP contribution in [0.3, 0.4) is 0 Å². The molecule has 1 aromatic heterocycles. The highest BCUT2D eigenvalue weighted by atomic mass is 14.9. The number of rotatable bonds is 9. The summed E-state index contributed by atoms with van der Waals surface area (Å²) in [6.07, 6.45) is 20.4. The third-order valence-electron chi connectivity index (χ3n) is 6.07. The van der Waals surface area contributed by atoms with E-state index in [1.54, 1.807) is 13.1 Å². The predicted octanol–water partition coefficient (Wildman–Crippen LogP) is 6.88. The molecule has 33 heavy (non-hydrogen) atoms. The van der Waals surface area contributed by atoms with Gasteiger partial charge in [0, 0.05) is 55.1 Å². The minimum Gasteiger partial charge on any atom is -0.296 e. The van der Waals surface area contributed by atoms with Gasteiger partial charge >= 0.3 is 0 Å². The Morgan fingerprint density at radius 2 is 1.91 bits per heavy atom. The van der Waals surface area contributed by atoms with Crippen molar-refractivity contribution in [2.75, 3.05) is 13.6 Å². The van der Waals surface area contributed by atoms with E-state index in [9.17, 15) is 0 Å². The minimum absolute atomic E-state index is 0.633. The van der Waals surface area contributed by atoms with E-state index >= 15 is 0 Å². The van der Waals surface area contributed by atoms with Crippen molar-refractivity contribution in [2.24, 2.45) is 21.8 Å². The SMILES string of the molecule is C=C/C=C(\C=NC[C@H]1CCC[C@H](C=C)C1)c1cnc(-c2cccc(/C(C=NC)=C/C)c2)nc1. The summed E-state index contributed by atoms with van der Waals surface area (Å²) in [5.41, 5.74) is 5.03. The molecule has 2 aromatic rings. The van der Waals surface area contributed by atoms with Crippen molar-refractivity contribution in [1.82, 2.24) is 9.97 Å². The highest BCUT2D eigenvalue weighted by Crippen LogP contribution is 2.30. The van der Waals surface area contributed by atoms with Gasteiger partial charge in [-0.2, -0.15) is 0 Å². The van der Waals surface area contributed by atoms with Gasteiger partial charge in [0.15, 0.2) is 5.82 Å². The Labute approximate surface area is 198 Å². The lowest BCUT2D eigenvalue weighted by atomic mass is 9.81. The first-order chi connectivity index (χ1) is 16.2. The van der Waals surface area contributed by atoms with Crippen molar-refractivity contribution < 1.29 is 0 Å². The Kier molecular flexibility index (Phi) is 9.25. The normalized spacial score (nSPS) is 19.8. The lowest BCUT2D eigenvalue weighted by molar-refractivity contribution is 0.312. The third kappa shape index (κ3) is 6.79. The standard InChI is InChI=1S/C29H34N4/c1-5-10-27(19-31-17-23-12-8-11-22(6-2)15-23)28-20-32-29(33-21-28)26-14-9-13-25(16-26)24(7-3)18-30-4/h5-7,9-10,13-14,16,18-23H,1-2,8,11-12,15,17H2,3-4H3/b24-7+,27-10+,30-18?,31-19?/t22-,23-/m0/s1. The Morgan fingerprint density at radius 1 is 1.09 bits per heavy atom. The zero-order valence-electron chi connectivity index (χ0n) is 19.8. The van der Waals surface area contributed by atoms with Crippen LogP contribution in [0.15, 0.2) is 84.1 Å². The molecule has 4 nitrogen and oxygen atoms in total. The molecule has 1 saturated carbocycles. The number of benzene rings is 1. The molecule has 1 aromatic carbocycles. The van der Waals surface area contributed by atoms with Crippen LogP contribution >= 0.6 is 0 Å². The quantitative estimate of drug-likeness (QED) is 0.243. The summed E-state index contributed by atoms with van der Waals surface area (Å²) in [6, 6.07) is 8.21. The van der Waals surface area contributed by atoms with Crippen LogP contribution in [0.4, 0.5) is 0 Å². The van der Waals surface area contributed by atoms with E-state index < -0.39 is 0 Å². The Morgan fingerprint density at radius 3 is 2.61 bits per heavy atom. The predicted molar refractivity (Wildman–Crippen MR) is 143 cm³/mol. The summed E-state index contributed by atoms with van der Waals surface area (Å²) >= 11 is 0. The van der Waals surface area contributed by atoms with Gasteiger partial charge < -0.3 is 0 Å². The van der Waals surface area contributed by atoms with Crippen molar-refractivity contribution >= 4 is 23.6 Å². The molecule has 0 unspecified atom stereocenters. The highest BCUT2D eigenvalue weighted by molar-refractivity contribution is 6.10. The Hall–Kier alpha value is -3.40. The smallest absolute Gasteiger partial charge is 0.159 e. The molecular formula is C29H34N4. The molecule has 4 heteroatoms. The lowest BCUT2D eigenvalue weighted by Crippen LogP contribution is -2.16. The fourth-order valence-corrected chi connectivity index (χ4v) is 4.27. The maximum atomic E-state index is 4.75. The van der Waals surface area contributed by atoms with E-state index in [1.165, 1.54) is 25.7 Å². The van der Waals surface area contributed by atoms with Crippen LogP contribution in [0, 0.1) is 11.8 Å². The molecule has 0 spiro atoms. The van der Waals surface area contributed by atoms with Crippen molar-refractivity contribution in [3.63, 3.8) is 0 Å². The first kappa shape index (κ1) is 24.2. The largest absolute Gasteiger partial charge is 0.296 e. The summed E-state index contributed by atoms with van der Waals surface area (Å²) in [6.45, 7) is 10.7. The van der Waals surface area contributed by atoms with Gasteiger partial charge in [-0.05, 0) is 55.2 Å². The average molecular weight is 439 g/mol. The monoisotopic (exact) mass is 438 g/mol. The molecule has 0 saturated heterocycles. The van der Waals surface area contributed by atoms with Crippen molar-refractivity contribution in [3.8, 4) is 11.4 Å². The molecule has 170 valence electrons. The molecular weight excluding hydrogens is 404 g/mol. The van der Waals surface area contributed by atoms with Crippen LogP contribution in [0.5, 0.6) is 0 Å². The second kappa shape index (κ2) is 12.6.